The number of hydrogen-bond acceptors (Lipinski definition) is 4. The van der Waals surface area contributed by atoms with Crippen LogP contribution in [0.5, 0.6) is 0 Å². The third-order valence-corrected chi connectivity index (χ3v) is 3.98. The normalized spacial score (nSPS) is 10.5. The molecule has 4 heteroatoms. The van der Waals surface area contributed by atoms with Crippen molar-refractivity contribution < 1.29 is 0 Å². The maximum Gasteiger partial charge on any atom is 0.149 e. The van der Waals surface area contributed by atoms with Crippen LogP contribution in [0.2, 0.25) is 0 Å². The van der Waals surface area contributed by atoms with Crippen molar-refractivity contribution in [3.8, 4) is 21.1 Å². The van der Waals surface area contributed by atoms with Crippen LogP contribution in [-0.2, 0) is 0 Å². The molecule has 0 bridgehead atoms. The Labute approximate surface area is 115 Å². The molecule has 0 radical (unpaired) electrons. The van der Waals surface area contributed by atoms with Crippen molar-refractivity contribution in [2.45, 2.75) is 4.90 Å². The first kappa shape index (κ1) is 11.4. The number of nitrogens with zero attached hydrogens (tertiary/aromatic N) is 2. The molecule has 0 N–H and O–H groups in total. The van der Waals surface area contributed by atoms with Crippen molar-refractivity contribution in [2.24, 2.45) is 0 Å². The number of thiol groups is 1. The van der Waals surface area contributed by atoms with Gasteiger partial charge in [-0.1, -0.05) is 59.9 Å². The van der Waals surface area contributed by atoms with Crippen LogP contribution in [0.3, 0.4) is 0 Å². The van der Waals surface area contributed by atoms with E-state index in [-0.39, 0.29) is 0 Å². The average Bonchev–Trinajstić information content (AvgIpc) is 2.90. The van der Waals surface area contributed by atoms with Crippen LogP contribution in [-0.4, -0.2) is 10.2 Å². The highest BCUT2D eigenvalue weighted by Crippen LogP contribution is 2.32. The third kappa shape index (κ3) is 2.17. The largest absolute Gasteiger partial charge is 0.149 e. The van der Waals surface area contributed by atoms with Crippen molar-refractivity contribution >= 4 is 24.0 Å². The van der Waals surface area contributed by atoms with Gasteiger partial charge in [0.15, 0.2) is 0 Å². The van der Waals surface area contributed by atoms with Crippen molar-refractivity contribution in [3.63, 3.8) is 0 Å². The van der Waals surface area contributed by atoms with Crippen LogP contribution in [0.1, 0.15) is 0 Å². The first-order valence-electron chi connectivity index (χ1n) is 5.52. The van der Waals surface area contributed by atoms with Gasteiger partial charge in [0.1, 0.15) is 10.0 Å². The van der Waals surface area contributed by atoms with Gasteiger partial charge in [0, 0.05) is 16.0 Å². The second-order valence-electron chi connectivity index (χ2n) is 3.80. The van der Waals surface area contributed by atoms with Crippen LogP contribution in [0.15, 0.2) is 59.5 Å². The highest BCUT2D eigenvalue weighted by molar-refractivity contribution is 7.80. The van der Waals surface area contributed by atoms with Crippen molar-refractivity contribution in [1.29, 1.82) is 0 Å². The standard InChI is InChI=1S/C14H10N2S2/c17-12-9-5-4-8-11(12)14-16-15-13(18-14)10-6-2-1-3-7-10/h1-9,17H. The first-order chi connectivity index (χ1) is 8.84. The lowest BCUT2D eigenvalue weighted by Gasteiger charge is -1.98. The zero-order valence-electron chi connectivity index (χ0n) is 9.45. The third-order valence-electron chi connectivity index (χ3n) is 2.58. The van der Waals surface area contributed by atoms with Gasteiger partial charge in [-0.2, -0.15) is 0 Å². The van der Waals surface area contributed by atoms with Crippen molar-refractivity contribution in [3.05, 3.63) is 54.6 Å². The summed E-state index contributed by atoms with van der Waals surface area (Å²) in [7, 11) is 0. The summed E-state index contributed by atoms with van der Waals surface area (Å²) in [6, 6.07) is 18.0. The van der Waals surface area contributed by atoms with Crippen LogP contribution in [0, 0.1) is 0 Å². The predicted molar refractivity (Wildman–Crippen MR) is 78.0 cm³/mol. The molecule has 3 aromatic rings. The van der Waals surface area contributed by atoms with Crippen molar-refractivity contribution in [2.75, 3.05) is 0 Å². The van der Waals surface area contributed by atoms with Gasteiger partial charge >= 0.3 is 0 Å². The van der Waals surface area contributed by atoms with E-state index in [0.29, 0.717) is 0 Å². The minimum Gasteiger partial charge on any atom is -0.143 e. The molecular weight excluding hydrogens is 260 g/mol. The Morgan fingerprint density at radius 1 is 0.778 bits per heavy atom. The molecule has 0 amide bonds. The minimum absolute atomic E-state index is 0.902. The Kier molecular flexibility index (Phi) is 3.13. The molecule has 88 valence electrons. The minimum atomic E-state index is 0.902. The zero-order valence-corrected chi connectivity index (χ0v) is 11.2. The quantitative estimate of drug-likeness (QED) is 0.707. The topological polar surface area (TPSA) is 25.8 Å². The molecule has 0 spiro atoms. The van der Waals surface area contributed by atoms with E-state index < -0.39 is 0 Å². The van der Waals surface area contributed by atoms with Crippen LogP contribution in [0.4, 0.5) is 0 Å². The molecule has 0 saturated carbocycles. The lowest BCUT2D eigenvalue weighted by atomic mass is 10.2. The van der Waals surface area contributed by atoms with Crippen LogP contribution >= 0.6 is 24.0 Å². The summed E-state index contributed by atoms with van der Waals surface area (Å²) >= 11 is 6.03. The Bertz CT molecular complexity index is 662. The van der Waals surface area contributed by atoms with E-state index >= 15 is 0 Å². The Hall–Kier alpha value is -1.65. The summed E-state index contributed by atoms with van der Waals surface area (Å²) < 4.78 is 0. The summed E-state index contributed by atoms with van der Waals surface area (Å²) in [6.45, 7) is 0. The first-order valence-corrected chi connectivity index (χ1v) is 6.78. The van der Waals surface area contributed by atoms with Crippen LogP contribution < -0.4 is 0 Å². The van der Waals surface area contributed by atoms with Gasteiger partial charge in [0.25, 0.3) is 0 Å². The molecule has 0 fully saturated rings. The maximum absolute atomic E-state index is 4.44. The smallest absolute Gasteiger partial charge is 0.143 e. The van der Waals surface area contributed by atoms with Gasteiger partial charge in [-0.15, -0.1) is 22.8 Å². The molecule has 1 heterocycles. The molecule has 2 nitrogen and oxygen atoms in total. The van der Waals surface area contributed by atoms with Gasteiger partial charge in [-0.25, -0.2) is 0 Å². The van der Waals surface area contributed by atoms with E-state index in [1.807, 2.05) is 54.6 Å². The maximum atomic E-state index is 4.44. The molecule has 0 aliphatic carbocycles. The van der Waals surface area contributed by atoms with Gasteiger partial charge < -0.3 is 0 Å². The molecule has 1 aromatic heterocycles. The van der Waals surface area contributed by atoms with E-state index in [0.717, 1.165) is 26.0 Å². The SMILES string of the molecule is Sc1ccccc1-c1nnc(-c2ccccc2)s1. The average molecular weight is 270 g/mol. The lowest BCUT2D eigenvalue weighted by Crippen LogP contribution is -1.78. The molecule has 0 aliphatic heterocycles. The number of hydrogen-bond donors (Lipinski definition) is 1. The molecule has 0 atom stereocenters. The van der Waals surface area contributed by atoms with E-state index in [1.54, 1.807) is 11.3 Å². The summed E-state index contributed by atoms with van der Waals surface area (Å²) in [5.74, 6) is 0. The molecule has 2 aromatic carbocycles. The molecule has 0 saturated heterocycles. The summed E-state index contributed by atoms with van der Waals surface area (Å²) in [4.78, 5) is 0.924. The van der Waals surface area contributed by atoms with Gasteiger partial charge in [0.2, 0.25) is 0 Å². The van der Waals surface area contributed by atoms with Gasteiger partial charge in [-0.3, -0.25) is 0 Å². The molecule has 18 heavy (non-hydrogen) atoms. The van der Waals surface area contributed by atoms with E-state index in [4.69, 9.17) is 0 Å². The summed E-state index contributed by atoms with van der Waals surface area (Å²) in [5, 5.41) is 10.3. The lowest BCUT2D eigenvalue weighted by molar-refractivity contribution is 1.10. The van der Waals surface area contributed by atoms with E-state index in [9.17, 15) is 0 Å². The Balaban J connectivity index is 2.03. The van der Waals surface area contributed by atoms with Gasteiger partial charge in [0.05, 0.1) is 0 Å². The second-order valence-corrected chi connectivity index (χ2v) is 5.25. The highest BCUT2D eigenvalue weighted by atomic mass is 32.1. The van der Waals surface area contributed by atoms with Crippen molar-refractivity contribution in [1.82, 2.24) is 10.2 Å². The fourth-order valence-electron chi connectivity index (χ4n) is 1.68. The molecule has 3 rings (SSSR count). The van der Waals surface area contributed by atoms with E-state index in [2.05, 4.69) is 22.8 Å². The van der Waals surface area contributed by atoms with Gasteiger partial charge in [-0.05, 0) is 6.07 Å². The summed E-state index contributed by atoms with van der Waals surface area (Å²) in [6.07, 6.45) is 0. The van der Waals surface area contributed by atoms with E-state index in [1.165, 1.54) is 0 Å². The number of rotatable bonds is 2. The molecule has 0 aliphatic rings. The Morgan fingerprint density at radius 2 is 1.44 bits per heavy atom. The predicted octanol–water partition coefficient (Wildman–Crippen LogP) is 4.16. The zero-order chi connectivity index (χ0) is 12.4. The molecular formula is C14H10N2S2. The fraction of sp³-hybridized carbons (Fsp3) is 0. The van der Waals surface area contributed by atoms with Crippen LogP contribution in [0.25, 0.3) is 21.1 Å². The number of aromatic nitrogens is 2. The second kappa shape index (κ2) is 4.92. The number of benzene rings is 2. The fourth-order valence-corrected chi connectivity index (χ4v) is 2.91. The molecule has 0 unspecified atom stereocenters. The monoisotopic (exact) mass is 270 g/mol. The summed E-state index contributed by atoms with van der Waals surface area (Å²) in [5.41, 5.74) is 2.12. The highest BCUT2D eigenvalue weighted by Gasteiger charge is 2.09. The Morgan fingerprint density at radius 3 is 2.22 bits per heavy atom.